The van der Waals surface area contributed by atoms with Gasteiger partial charge in [0.05, 0.1) is 26.4 Å². The minimum atomic E-state index is 0.828. The van der Waals surface area contributed by atoms with E-state index in [2.05, 4.69) is 226 Å². The number of aryl methyl sites for hydroxylation is 12. The van der Waals surface area contributed by atoms with Gasteiger partial charge in [-0.1, -0.05) is 398 Å². The molecule has 700 valence electrons. The number of unbranched alkanes of at least 4 members (excludes halogenated alkanes) is 42. The molecule has 8 nitrogen and oxygen atoms in total. The van der Waals surface area contributed by atoms with Crippen molar-refractivity contribution in [3.05, 3.63) is 238 Å². The first-order valence-corrected chi connectivity index (χ1v) is 52.9. The van der Waals surface area contributed by atoms with Gasteiger partial charge in [-0.3, -0.25) is 19.9 Å². The predicted octanol–water partition coefficient (Wildman–Crippen LogP) is 34.8. The van der Waals surface area contributed by atoms with Gasteiger partial charge in [0.15, 0.2) is 0 Å². The van der Waals surface area contributed by atoms with E-state index < -0.39 is 0 Å². The van der Waals surface area contributed by atoms with Crippen molar-refractivity contribution in [2.45, 2.75) is 453 Å². The zero-order chi connectivity index (χ0) is 89.4. The molecule has 0 aliphatic rings. The Balaban J connectivity index is 0.000000298. The number of nitrogens with zero attached hydrogens (tertiary/aromatic N) is 4. The molecule has 0 atom stereocenters. The highest BCUT2D eigenvalue weighted by molar-refractivity contribution is 5.32. The first-order chi connectivity index (χ1) is 62.3. The average molecular weight is 1720 g/mol. The Morgan fingerprint density at radius 3 is 0.460 bits per heavy atom. The third-order valence-corrected chi connectivity index (χ3v) is 24.8. The van der Waals surface area contributed by atoms with Crippen LogP contribution in [-0.4, -0.2) is 46.4 Å². The fraction of sp³-hybridized carbons (Fsp3) is 0.627. The minimum absolute atomic E-state index is 0.828. The second kappa shape index (κ2) is 78.7. The maximum absolute atomic E-state index is 5.92. The summed E-state index contributed by atoms with van der Waals surface area (Å²) in [6.45, 7) is 21.5. The van der Waals surface area contributed by atoms with Crippen molar-refractivity contribution < 1.29 is 18.9 Å². The Bertz CT molecular complexity index is 3590. The van der Waals surface area contributed by atoms with Crippen LogP contribution in [0.2, 0.25) is 0 Å². The van der Waals surface area contributed by atoms with E-state index >= 15 is 0 Å². The second-order valence-electron chi connectivity index (χ2n) is 36.5. The van der Waals surface area contributed by atoms with Crippen LogP contribution in [0.5, 0.6) is 23.0 Å². The number of pyridine rings is 4. The monoisotopic (exact) mass is 1720 g/mol. The van der Waals surface area contributed by atoms with Crippen LogP contribution >= 0.6 is 0 Å². The van der Waals surface area contributed by atoms with Crippen LogP contribution in [0.4, 0.5) is 0 Å². The van der Waals surface area contributed by atoms with Crippen LogP contribution in [-0.2, 0) is 77.0 Å². The molecule has 0 spiro atoms. The molecule has 0 aliphatic carbocycles. The molecule has 0 amide bonds. The zero-order valence-corrected chi connectivity index (χ0v) is 82.3. The first kappa shape index (κ1) is 109. The fourth-order valence-electron chi connectivity index (χ4n) is 16.2. The standard InChI is InChI=1S/C31H49NO.C30H47NO.C29H45NO.C28H43NO/c1-3-5-7-9-11-13-15-17-29-19-23-30(32-27-29)22-18-28-20-24-31(25-21-28)33-26-16-14-12-10-8-6-4-2;1-3-5-7-9-11-12-14-16-28-18-22-29(31-26-28)21-17-27-19-23-30(24-20-27)32-25-15-13-10-8-6-4-2;1-3-5-7-9-10-11-13-15-27-17-21-28(30-25-27)20-16-26-18-22-29(23-19-26)31-24-14-12-8-6-4-2;1-3-5-7-9-10-11-12-14-26-16-20-27(29-24-26)19-15-25-17-21-28(22-18-25)30-23-13-8-6-4-2/h19-21,23-25,27H,3-18,22,26H2,1-2H3;18-20,22-24,26H,3-17,21,25H2,1-2H3;17-19,21-23,25H,3-16,20,24H2,1-2H3;16-18,20-22,24H,3-15,19,23H2,1-2H3. The molecule has 4 heterocycles. The normalized spacial score (nSPS) is 11.0. The summed E-state index contributed by atoms with van der Waals surface area (Å²) in [5.41, 5.74) is 15.7. The molecular formula is C118H184N4O4. The van der Waals surface area contributed by atoms with Gasteiger partial charge in [-0.15, -0.1) is 0 Å². The van der Waals surface area contributed by atoms with Crippen molar-refractivity contribution in [2.75, 3.05) is 26.4 Å². The van der Waals surface area contributed by atoms with Crippen molar-refractivity contribution in [1.29, 1.82) is 0 Å². The Morgan fingerprint density at radius 2 is 0.294 bits per heavy atom. The number of hydrogen-bond acceptors (Lipinski definition) is 8. The van der Waals surface area contributed by atoms with Crippen molar-refractivity contribution in [3.63, 3.8) is 0 Å². The Kier molecular flexibility index (Phi) is 68.2. The van der Waals surface area contributed by atoms with E-state index in [1.165, 1.54) is 388 Å². The van der Waals surface area contributed by atoms with E-state index in [1.807, 2.05) is 0 Å². The van der Waals surface area contributed by atoms with Gasteiger partial charge in [0.1, 0.15) is 23.0 Å². The first-order valence-electron chi connectivity index (χ1n) is 52.9. The lowest BCUT2D eigenvalue weighted by molar-refractivity contribution is 0.304. The second-order valence-corrected chi connectivity index (χ2v) is 36.5. The summed E-state index contributed by atoms with van der Waals surface area (Å²) in [7, 11) is 0. The summed E-state index contributed by atoms with van der Waals surface area (Å²) in [6.07, 6.45) is 87.8. The van der Waals surface area contributed by atoms with Gasteiger partial charge in [0.2, 0.25) is 0 Å². The van der Waals surface area contributed by atoms with Crippen LogP contribution in [0.25, 0.3) is 0 Å². The van der Waals surface area contributed by atoms with Crippen LogP contribution in [0.1, 0.15) is 444 Å². The average Bonchev–Trinajstić information content (AvgIpc) is 0.901. The molecular weight excluding hydrogens is 1540 g/mol. The zero-order valence-electron chi connectivity index (χ0n) is 82.3. The summed E-state index contributed by atoms with van der Waals surface area (Å²) in [6, 6.07) is 52.5. The molecule has 4 aromatic heterocycles. The molecule has 8 rings (SSSR count). The highest BCUT2D eigenvalue weighted by Crippen LogP contribution is 2.24. The molecule has 4 aromatic carbocycles. The molecule has 8 aromatic rings. The molecule has 0 saturated carbocycles. The lowest BCUT2D eigenvalue weighted by atomic mass is 10.0. The highest BCUT2D eigenvalue weighted by Gasteiger charge is 2.09. The fourth-order valence-corrected chi connectivity index (χ4v) is 16.2. The van der Waals surface area contributed by atoms with Gasteiger partial charge in [0.25, 0.3) is 0 Å². The lowest BCUT2D eigenvalue weighted by Gasteiger charge is -2.08. The van der Waals surface area contributed by atoms with E-state index in [1.54, 1.807) is 0 Å². The van der Waals surface area contributed by atoms with Crippen LogP contribution in [0.3, 0.4) is 0 Å². The minimum Gasteiger partial charge on any atom is -0.494 e. The van der Waals surface area contributed by atoms with Crippen molar-refractivity contribution in [2.24, 2.45) is 0 Å². The molecule has 126 heavy (non-hydrogen) atoms. The summed E-state index contributed by atoms with van der Waals surface area (Å²) in [5.74, 6) is 3.97. The number of benzene rings is 4. The maximum Gasteiger partial charge on any atom is 0.119 e. The van der Waals surface area contributed by atoms with Gasteiger partial charge >= 0.3 is 0 Å². The SMILES string of the molecule is CCCCCCCCCOc1ccc(CCc2ccc(CCCCCCCCC)cn2)cc1.CCCCCCCCCc1ccc(CCc2ccc(OCCCCCC)cc2)nc1.CCCCCCCCCc1ccc(CCc2ccc(OCCCCCCC)cc2)nc1.CCCCCCCCCc1ccc(CCc2ccc(OCCCCCCCC)cc2)nc1. The van der Waals surface area contributed by atoms with Gasteiger partial charge in [-0.05, 0) is 246 Å². The van der Waals surface area contributed by atoms with Gasteiger partial charge in [-0.25, -0.2) is 0 Å². The van der Waals surface area contributed by atoms with Crippen LogP contribution < -0.4 is 18.9 Å². The smallest absolute Gasteiger partial charge is 0.119 e. The van der Waals surface area contributed by atoms with E-state index in [-0.39, 0.29) is 0 Å². The van der Waals surface area contributed by atoms with E-state index in [4.69, 9.17) is 38.9 Å². The molecule has 0 fully saturated rings. The molecule has 0 bridgehead atoms. The van der Waals surface area contributed by atoms with Gasteiger partial charge < -0.3 is 18.9 Å². The molecule has 0 aliphatic heterocycles. The summed E-state index contributed by atoms with van der Waals surface area (Å²) < 4.78 is 23.5. The van der Waals surface area contributed by atoms with Crippen molar-refractivity contribution >= 4 is 0 Å². The lowest BCUT2D eigenvalue weighted by Crippen LogP contribution is -1.98. The molecule has 8 heteroatoms. The predicted molar refractivity (Wildman–Crippen MR) is 545 cm³/mol. The Labute approximate surface area is 774 Å². The van der Waals surface area contributed by atoms with E-state index in [0.29, 0.717) is 0 Å². The summed E-state index contributed by atoms with van der Waals surface area (Å²) in [4.78, 5) is 18.8. The van der Waals surface area contributed by atoms with Crippen molar-refractivity contribution in [1.82, 2.24) is 19.9 Å². The molecule has 0 unspecified atom stereocenters. The molecule has 0 N–H and O–H groups in total. The third-order valence-electron chi connectivity index (χ3n) is 24.8. The third kappa shape index (κ3) is 59.0. The van der Waals surface area contributed by atoms with E-state index in [0.717, 1.165) is 126 Å². The number of aromatic nitrogens is 4. The summed E-state index contributed by atoms with van der Waals surface area (Å²) in [5, 5.41) is 0. The van der Waals surface area contributed by atoms with Crippen LogP contribution in [0.15, 0.2) is 170 Å². The van der Waals surface area contributed by atoms with Crippen LogP contribution in [0, 0.1) is 0 Å². The number of ether oxygens (including phenoxy) is 4. The molecule has 0 saturated heterocycles. The van der Waals surface area contributed by atoms with Crippen molar-refractivity contribution in [3.8, 4) is 23.0 Å². The quantitative estimate of drug-likeness (QED) is 0.0348. The Morgan fingerprint density at radius 1 is 0.143 bits per heavy atom. The maximum atomic E-state index is 5.92. The van der Waals surface area contributed by atoms with Gasteiger partial charge in [0, 0.05) is 47.6 Å². The summed E-state index contributed by atoms with van der Waals surface area (Å²) >= 11 is 0. The Hall–Kier alpha value is -7.32. The topological polar surface area (TPSA) is 88.5 Å². The van der Waals surface area contributed by atoms with E-state index in [9.17, 15) is 0 Å². The molecule has 0 radical (unpaired) electrons. The number of rotatable bonds is 74. The number of hydrogen-bond donors (Lipinski definition) is 0. The largest absolute Gasteiger partial charge is 0.494 e. The van der Waals surface area contributed by atoms with Gasteiger partial charge in [-0.2, -0.15) is 0 Å². The highest BCUT2D eigenvalue weighted by atomic mass is 16.5.